The standard InChI is InChI=1S/C9H12N4OS/c1-13-8(10)3-6(12-13)7-5-15-9(11-7)4-14-2/h3,5H,4,10H2,1-2H3. The second kappa shape index (κ2) is 4.00. The lowest BCUT2D eigenvalue weighted by Gasteiger charge is -1.90. The molecule has 15 heavy (non-hydrogen) atoms. The highest BCUT2D eigenvalue weighted by molar-refractivity contribution is 7.09. The molecule has 2 N–H and O–H groups in total. The van der Waals surface area contributed by atoms with Gasteiger partial charge in [0.25, 0.3) is 0 Å². The molecule has 0 aliphatic heterocycles. The number of thiazole rings is 1. The highest BCUT2D eigenvalue weighted by Crippen LogP contribution is 2.22. The van der Waals surface area contributed by atoms with Gasteiger partial charge >= 0.3 is 0 Å². The fraction of sp³-hybridized carbons (Fsp3) is 0.333. The van der Waals surface area contributed by atoms with E-state index in [1.807, 2.05) is 11.4 Å². The summed E-state index contributed by atoms with van der Waals surface area (Å²) >= 11 is 1.56. The number of nitrogen functional groups attached to an aromatic ring is 1. The third kappa shape index (κ3) is 2.00. The number of hydrogen-bond donors (Lipinski definition) is 1. The molecule has 2 aromatic rings. The molecule has 80 valence electrons. The molecule has 0 fully saturated rings. The zero-order valence-electron chi connectivity index (χ0n) is 8.60. The molecular weight excluding hydrogens is 212 g/mol. The van der Waals surface area contributed by atoms with Crippen molar-refractivity contribution in [2.24, 2.45) is 7.05 Å². The van der Waals surface area contributed by atoms with Crippen molar-refractivity contribution >= 4 is 17.2 Å². The summed E-state index contributed by atoms with van der Waals surface area (Å²) in [5.41, 5.74) is 7.34. The summed E-state index contributed by atoms with van der Waals surface area (Å²) in [6.07, 6.45) is 0. The van der Waals surface area contributed by atoms with Crippen molar-refractivity contribution in [2.75, 3.05) is 12.8 Å². The van der Waals surface area contributed by atoms with Crippen molar-refractivity contribution in [3.8, 4) is 11.4 Å². The molecule has 0 amide bonds. The number of aromatic nitrogens is 3. The SMILES string of the molecule is COCc1nc(-c2cc(N)n(C)n2)cs1. The second-order valence-corrected chi connectivity index (χ2v) is 4.08. The molecule has 0 saturated carbocycles. The first-order valence-corrected chi connectivity index (χ1v) is 5.32. The van der Waals surface area contributed by atoms with Crippen LogP contribution in [0.2, 0.25) is 0 Å². The van der Waals surface area contributed by atoms with Crippen molar-refractivity contribution in [3.05, 3.63) is 16.5 Å². The van der Waals surface area contributed by atoms with E-state index in [0.29, 0.717) is 12.4 Å². The number of hydrogen-bond acceptors (Lipinski definition) is 5. The highest BCUT2D eigenvalue weighted by atomic mass is 32.1. The summed E-state index contributed by atoms with van der Waals surface area (Å²) in [6.45, 7) is 0.535. The van der Waals surface area contributed by atoms with Crippen LogP contribution in [0.3, 0.4) is 0 Å². The van der Waals surface area contributed by atoms with Crippen LogP contribution in [0.5, 0.6) is 0 Å². The van der Waals surface area contributed by atoms with Gasteiger partial charge in [-0.05, 0) is 0 Å². The third-order valence-electron chi connectivity index (χ3n) is 2.00. The highest BCUT2D eigenvalue weighted by Gasteiger charge is 2.08. The first-order chi connectivity index (χ1) is 7.20. The van der Waals surface area contributed by atoms with Gasteiger partial charge in [-0.2, -0.15) is 5.10 Å². The van der Waals surface area contributed by atoms with Crippen molar-refractivity contribution < 1.29 is 4.74 Å². The van der Waals surface area contributed by atoms with E-state index in [1.165, 1.54) is 0 Å². The Bertz CT molecular complexity index is 443. The van der Waals surface area contributed by atoms with Gasteiger partial charge < -0.3 is 10.5 Å². The van der Waals surface area contributed by atoms with Crippen molar-refractivity contribution in [1.29, 1.82) is 0 Å². The van der Waals surface area contributed by atoms with Gasteiger partial charge in [0, 0.05) is 25.6 Å². The van der Waals surface area contributed by atoms with Crippen LogP contribution >= 0.6 is 11.3 Å². The van der Waals surface area contributed by atoms with Gasteiger partial charge in [0.15, 0.2) is 0 Å². The van der Waals surface area contributed by atoms with Crippen LogP contribution in [0.1, 0.15) is 5.01 Å². The minimum absolute atomic E-state index is 0.535. The fourth-order valence-electron chi connectivity index (χ4n) is 1.23. The van der Waals surface area contributed by atoms with E-state index in [1.54, 1.807) is 30.2 Å². The Morgan fingerprint density at radius 1 is 1.53 bits per heavy atom. The van der Waals surface area contributed by atoms with Crippen LogP contribution in [0.4, 0.5) is 5.82 Å². The number of anilines is 1. The first kappa shape index (κ1) is 10.1. The number of ether oxygens (including phenoxy) is 1. The van der Waals surface area contributed by atoms with Crippen LogP contribution in [-0.2, 0) is 18.4 Å². The van der Waals surface area contributed by atoms with Crippen molar-refractivity contribution in [2.45, 2.75) is 6.61 Å². The molecule has 0 spiro atoms. The van der Waals surface area contributed by atoms with E-state index in [9.17, 15) is 0 Å². The molecule has 0 radical (unpaired) electrons. The molecule has 0 aromatic carbocycles. The molecular formula is C9H12N4OS. The van der Waals surface area contributed by atoms with Crippen LogP contribution in [-0.4, -0.2) is 21.9 Å². The van der Waals surface area contributed by atoms with Crippen LogP contribution in [0, 0.1) is 0 Å². The summed E-state index contributed by atoms with van der Waals surface area (Å²) in [7, 11) is 3.46. The number of rotatable bonds is 3. The Balaban J connectivity index is 2.28. The first-order valence-electron chi connectivity index (χ1n) is 4.44. The zero-order chi connectivity index (χ0) is 10.8. The second-order valence-electron chi connectivity index (χ2n) is 3.14. The zero-order valence-corrected chi connectivity index (χ0v) is 9.41. The molecule has 0 bridgehead atoms. The Labute approximate surface area is 91.5 Å². The molecule has 0 saturated heterocycles. The number of methoxy groups -OCH3 is 1. The van der Waals surface area contributed by atoms with Gasteiger partial charge in [-0.25, -0.2) is 4.98 Å². The molecule has 0 atom stereocenters. The Kier molecular flexibility index (Phi) is 2.70. The lowest BCUT2D eigenvalue weighted by molar-refractivity contribution is 0.184. The summed E-state index contributed by atoms with van der Waals surface area (Å²) in [5, 5.41) is 7.14. The number of nitrogens with zero attached hydrogens (tertiary/aromatic N) is 3. The van der Waals surface area contributed by atoms with Crippen molar-refractivity contribution in [1.82, 2.24) is 14.8 Å². The van der Waals surface area contributed by atoms with E-state index in [4.69, 9.17) is 10.5 Å². The van der Waals surface area contributed by atoms with E-state index in [-0.39, 0.29) is 0 Å². The molecule has 2 heterocycles. The summed E-state index contributed by atoms with van der Waals surface area (Å²) in [6, 6.07) is 1.81. The normalized spacial score (nSPS) is 10.8. The van der Waals surface area contributed by atoms with E-state index < -0.39 is 0 Å². The lowest BCUT2D eigenvalue weighted by Crippen LogP contribution is -1.96. The summed E-state index contributed by atoms with van der Waals surface area (Å²) in [5.74, 6) is 0.631. The predicted octanol–water partition coefficient (Wildman–Crippen LogP) is 1.27. The van der Waals surface area contributed by atoms with Gasteiger partial charge in [0.2, 0.25) is 0 Å². The monoisotopic (exact) mass is 224 g/mol. The summed E-state index contributed by atoms with van der Waals surface area (Å²) < 4.78 is 6.63. The topological polar surface area (TPSA) is 66.0 Å². The Morgan fingerprint density at radius 3 is 2.93 bits per heavy atom. The van der Waals surface area contributed by atoms with Gasteiger partial charge in [-0.3, -0.25) is 4.68 Å². The molecule has 6 heteroatoms. The fourth-order valence-corrected chi connectivity index (χ4v) is 1.98. The van der Waals surface area contributed by atoms with Crippen LogP contribution in [0.15, 0.2) is 11.4 Å². The van der Waals surface area contributed by atoms with Crippen LogP contribution in [0.25, 0.3) is 11.4 Å². The average Bonchev–Trinajstić information content (AvgIpc) is 2.76. The largest absolute Gasteiger partial charge is 0.384 e. The van der Waals surface area contributed by atoms with E-state index in [2.05, 4.69) is 10.1 Å². The molecule has 0 unspecified atom stereocenters. The molecule has 0 aliphatic rings. The quantitative estimate of drug-likeness (QED) is 0.852. The minimum Gasteiger partial charge on any atom is -0.384 e. The van der Waals surface area contributed by atoms with E-state index >= 15 is 0 Å². The maximum absolute atomic E-state index is 5.69. The summed E-state index contributed by atoms with van der Waals surface area (Å²) in [4.78, 5) is 4.39. The smallest absolute Gasteiger partial charge is 0.122 e. The Hall–Kier alpha value is -1.40. The van der Waals surface area contributed by atoms with E-state index in [0.717, 1.165) is 16.4 Å². The minimum atomic E-state index is 0.535. The maximum Gasteiger partial charge on any atom is 0.122 e. The maximum atomic E-state index is 5.69. The van der Waals surface area contributed by atoms with Gasteiger partial charge in [-0.15, -0.1) is 11.3 Å². The number of aryl methyl sites for hydroxylation is 1. The van der Waals surface area contributed by atoms with Gasteiger partial charge in [0.05, 0.1) is 6.61 Å². The lowest BCUT2D eigenvalue weighted by atomic mass is 10.3. The third-order valence-corrected chi connectivity index (χ3v) is 2.82. The van der Waals surface area contributed by atoms with Gasteiger partial charge in [0.1, 0.15) is 22.2 Å². The predicted molar refractivity (Wildman–Crippen MR) is 59.4 cm³/mol. The Morgan fingerprint density at radius 2 is 2.33 bits per heavy atom. The van der Waals surface area contributed by atoms with Crippen LogP contribution < -0.4 is 5.73 Å². The number of nitrogens with two attached hydrogens (primary N) is 1. The van der Waals surface area contributed by atoms with Crippen molar-refractivity contribution in [3.63, 3.8) is 0 Å². The average molecular weight is 224 g/mol. The molecule has 2 aromatic heterocycles. The molecule has 5 nitrogen and oxygen atoms in total. The van der Waals surface area contributed by atoms with Gasteiger partial charge in [-0.1, -0.05) is 0 Å². The molecule has 2 rings (SSSR count). The molecule has 0 aliphatic carbocycles.